The normalized spacial score (nSPS) is 11.4. The van der Waals surface area contributed by atoms with Gasteiger partial charge in [-0.2, -0.15) is 13.2 Å². The molecule has 0 saturated heterocycles. The molecule has 0 aliphatic heterocycles. The second-order valence-corrected chi connectivity index (χ2v) is 4.01. The van der Waals surface area contributed by atoms with Crippen LogP contribution < -0.4 is 0 Å². The number of alkyl halides is 4. The molecule has 0 bridgehead atoms. The molecule has 0 heterocycles. The lowest BCUT2D eigenvalue weighted by atomic mass is 9.96. The highest BCUT2D eigenvalue weighted by molar-refractivity contribution is 9.09. The molecule has 0 amide bonds. The molecule has 0 aliphatic rings. The molecule has 2 nitrogen and oxygen atoms in total. The summed E-state index contributed by atoms with van der Waals surface area (Å²) in [4.78, 5) is 22.2. The van der Waals surface area contributed by atoms with Crippen LogP contribution in [0.15, 0.2) is 12.1 Å². The molecule has 0 aliphatic carbocycles. The smallest absolute Gasteiger partial charge is 0.298 e. The van der Waals surface area contributed by atoms with Crippen LogP contribution in [0, 0.1) is 6.92 Å². The molecule has 0 fully saturated rings. The Hall–Kier alpha value is -1.17. The minimum Gasteiger partial charge on any atom is -0.298 e. The van der Waals surface area contributed by atoms with E-state index in [1.54, 1.807) is 0 Å². The molecule has 1 rings (SSSR count). The van der Waals surface area contributed by atoms with Crippen molar-refractivity contribution in [1.29, 1.82) is 0 Å². The quantitative estimate of drug-likeness (QED) is 0.487. The van der Waals surface area contributed by atoms with Crippen molar-refractivity contribution in [3.8, 4) is 0 Å². The molecule has 6 heteroatoms. The van der Waals surface area contributed by atoms with E-state index in [2.05, 4.69) is 15.9 Å². The Balaban J connectivity index is 3.57. The van der Waals surface area contributed by atoms with E-state index >= 15 is 0 Å². The Bertz CT molecular complexity index is 467. The first-order chi connectivity index (χ1) is 7.81. The zero-order valence-electron chi connectivity index (χ0n) is 8.77. The molecule has 0 aromatic heterocycles. The van der Waals surface area contributed by atoms with Gasteiger partial charge in [-0.1, -0.05) is 15.9 Å². The van der Waals surface area contributed by atoms with Crippen molar-refractivity contribution < 1.29 is 22.8 Å². The molecular weight excluding hydrogens is 301 g/mol. The van der Waals surface area contributed by atoms with Gasteiger partial charge in [0.1, 0.15) is 0 Å². The Labute approximate surface area is 104 Å². The molecule has 0 saturated carbocycles. The van der Waals surface area contributed by atoms with Crippen molar-refractivity contribution in [3.05, 3.63) is 34.4 Å². The fourth-order valence-corrected chi connectivity index (χ4v) is 1.76. The molecule has 17 heavy (non-hydrogen) atoms. The van der Waals surface area contributed by atoms with Gasteiger partial charge in [-0.25, -0.2) is 0 Å². The van der Waals surface area contributed by atoms with Gasteiger partial charge in [0.25, 0.3) is 0 Å². The van der Waals surface area contributed by atoms with Gasteiger partial charge in [0.05, 0.1) is 10.9 Å². The highest BCUT2D eigenvalue weighted by atomic mass is 79.9. The predicted molar refractivity (Wildman–Crippen MR) is 59.7 cm³/mol. The van der Waals surface area contributed by atoms with Gasteiger partial charge < -0.3 is 0 Å². The fraction of sp³-hybridized carbons (Fsp3) is 0.273. The molecule has 1 aromatic rings. The SMILES string of the molecule is Cc1cc(C(=O)CBr)c(C=O)c(C(F)(F)F)c1. The number of Topliss-reactive ketones (excluding diaryl/α,β-unsaturated/α-hetero) is 1. The van der Waals surface area contributed by atoms with Crippen molar-refractivity contribution in [2.24, 2.45) is 0 Å². The Morgan fingerprint density at radius 1 is 1.41 bits per heavy atom. The minimum atomic E-state index is -4.65. The first-order valence-electron chi connectivity index (χ1n) is 4.57. The van der Waals surface area contributed by atoms with Crippen molar-refractivity contribution in [2.75, 3.05) is 5.33 Å². The van der Waals surface area contributed by atoms with E-state index in [4.69, 9.17) is 0 Å². The number of carbonyl (C=O) groups is 2. The molecular formula is C11H8BrF3O2. The highest BCUT2D eigenvalue weighted by Gasteiger charge is 2.35. The van der Waals surface area contributed by atoms with Crippen LogP contribution in [0.3, 0.4) is 0 Å². The third-order valence-electron chi connectivity index (χ3n) is 2.17. The van der Waals surface area contributed by atoms with E-state index in [0.29, 0.717) is 0 Å². The van der Waals surface area contributed by atoms with Crippen molar-refractivity contribution in [3.63, 3.8) is 0 Å². The summed E-state index contributed by atoms with van der Waals surface area (Å²) < 4.78 is 38.0. The summed E-state index contributed by atoms with van der Waals surface area (Å²) >= 11 is 2.87. The standard InChI is InChI=1S/C11H8BrF3O2/c1-6-2-7(10(17)4-12)8(5-16)9(3-6)11(13,14)15/h2-3,5H,4H2,1H3. The summed E-state index contributed by atoms with van der Waals surface area (Å²) in [5, 5.41) is -0.130. The van der Waals surface area contributed by atoms with E-state index in [0.717, 1.165) is 6.07 Å². The zero-order valence-corrected chi connectivity index (χ0v) is 10.4. The Kier molecular flexibility index (Phi) is 4.08. The van der Waals surface area contributed by atoms with Gasteiger partial charge in [0.15, 0.2) is 12.1 Å². The first kappa shape index (κ1) is 13.9. The van der Waals surface area contributed by atoms with E-state index < -0.39 is 23.1 Å². The van der Waals surface area contributed by atoms with Crippen LogP contribution in [0.4, 0.5) is 13.2 Å². The number of aldehydes is 1. The average Bonchev–Trinajstić information content (AvgIpc) is 2.25. The van der Waals surface area contributed by atoms with Gasteiger partial charge in [0, 0.05) is 11.1 Å². The molecule has 0 atom stereocenters. The largest absolute Gasteiger partial charge is 0.417 e. The van der Waals surface area contributed by atoms with E-state index in [1.165, 1.54) is 13.0 Å². The predicted octanol–water partition coefficient (Wildman–Crippen LogP) is 3.40. The zero-order chi connectivity index (χ0) is 13.2. The van der Waals surface area contributed by atoms with Crippen LogP contribution in [0.25, 0.3) is 0 Å². The van der Waals surface area contributed by atoms with Crippen LogP contribution in [-0.2, 0) is 6.18 Å². The summed E-state index contributed by atoms with van der Waals surface area (Å²) in [5.74, 6) is -0.554. The van der Waals surface area contributed by atoms with Crippen molar-refractivity contribution in [1.82, 2.24) is 0 Å². The van der Waals surface area contributed by atoms with Gasteiger partial charge in [-0.05, 0) is 24.6 Å². The summed E-state index contributed by atoms with van der Waals surface area (Å²) in [6.07, 6.45) is -4.58. The first-order valence-corrected chi connectivity index (χ1v) is 5.69. The van der Waals surface area contributed by atoms with E-state index in [-0.39, 0.29) is 22.7 Å². The second-order valence-electron chi connectivity index (χ2n) is 3.45. The number of halogens is 4. The molecule has 0 radical (unpaired) electrons. The maximum Gasteiger partial charge on any atom is 0.417 e. The topological polar surface area (TPSA) is 34.1 Å². The second kappa shape index (κ2) is 5.00. The van der Waals surface area contributed by atoms with Crippen LogP contribution in [0.5, 0.6) is 0 Å². The lowest BCUT2D eigenvalue weighted by Crippen LogP contribution is -2.14. The number of benzene rings is 1. The summed E-state index contributed by atoms with van der Waals surface area (Å²) in [6, 6.07) is 2.14. The number of rotatable bonds is 3. The Morgan fingerprint density at radius 2 is 2.00 bits per heavy atom. The third kappa shape index (κ3) is 2.94. The van der Waals surface area contributed by atoms with Crippen LogP contribution in [0.1, 0.15) is 31.8 Å². The van der Waals surface area contributed by atoms with Crippen LogP contribution in [-0.4, -0.2) is 17.4 Å². The molecule has 0 N–H and O–H groups in total. The lowest BCUT2D eigenvalue weighted by molar-refractivity contribution is -0.137. The summed E-state index contributed by atoms with van der Waals surface area (Å²) in [5.41, 5.74) is -1.60. The number of ketones is 1. The molecule has 1 aromatic carbocycles. The van der Waals surface area contributed by atoms with E-state index in [1.807, 2.05) is 0 Å². The van der Waals surface area contributed by atoms with Crippen molar-refractivity contribution >= 4 is 28.0 Å². The lowest BCUT2D eigenvalue weighted by Gasteiger charge is -2.13. The average molecular weight is 309 g/mol. The summed E-state index contributed by atoms with van der Waals surface area (Å²) in [7, 11) is 0. The summed E-state index contributed by atoms with van der Waals surface area (Å²) in [6.45, 7) is 1.44. The van der Waals surface area contributed by atoms with E-state index in [9.17, 15) is 22.8 Å². The molecule has 0 spiro atoms. The third-order valence-corrected chi connectivity index (χ3v) is 2.68. The van der Waals surface area contributed by atoms with Gasteiger partial charge in [0.2, 0.25) is 0 Å². The minimum absolute atomic E-state index is 0.0676. The van der Waals surface area contributed by atoms with Gasteiger partial charge in [-0.3, -0.25) is 9.59 Å². The molecule has 0 unspecified atom stereocenters. The maximum atomic E-state index is 12.7. The number of carbonyl (C=O) groups excluding carboxylic acids is 2. The van der Waals surface area contributed by atoms with Gasteiger partial charge in [-0.15, -0.1) is 0 Å². The van der Waals surface area contributed by atoms with Gasteiger partial charge >= 0.3 is 6.18 Å². The fourth-order valence-electron chi connectivity index (χ4n) is 1.46. The van der Waals surface area contributed by atoms with Crippen LogP contribution in [0.2, 0.25) is 0 Å². The molecule has 92 valence electrons. The number of hydrogen-bond donors (Lipinski definition) is 0. The monoisotopic (exact) mass is 308 g/mol. The number of aryl methyl sites for hydroxylation is 1. The van der Waals surface area contributed by atoms with Crippen molar-refractivity contribution in [2.45, 2.75) is 13.1 Å². The Morgan fingerprint density at radius 3 is 2.41 bits per heavy atom. The number of hydrogen-bond acceptors (Lipinski definition) is 2. The van der Waals surface area contributed by atoms with Crippen LogP contribution >= 0.6 is 15.9 Å². The highest BCUT2D eigenvalue weighted by Crippen LogP contribution is 2.33. The maximum absolute atomic E-state index is 12.7.